The van der Waals surface area contributed by atoms with Crippen molar-refractivity contribution >= 4 is 11.6 Å². The van der Waals surface area contributed by atoms with Gasteiger partial charge in [0.25, 0.3) is 0 Å². The van der Waals surface area contributed by atoms with Gasteiger partial charge in [0.05, 0.1) is 0 Å². The Morgan fingerprint density at radius 2 is 2.15 bits per heavy atom. The van der Waals surface area contributed by atoms with E-state index in [1.807, 2.05) is 6.07 Å². The van der Waals surface area contributed by atoms with Gasteiger partial charge in [-0.1, -0.05) is 37.4 Å². The third-order valence-corrected chi connectivity index (χ3v) is 4.84. The summed E-state index contributed by atoms with van der Waals surface area (Å²) in [5.41, 5.74) is 8.74. The molecule has 1 aromatic carbocycles. The number of halogens is 1. The highest BCUT2D eigenvalue weighted by Crippen LogP contribution is 2.31. The fourth-order valence-corrected chi connectivity index (χ4v) is 3.73. The smallest absolute Gasteiger partial charge is 0.0476 e. The standard InChI is InChI=1S/C17H27ClN2/c1-3-15-7-5-4-6-10-20(15)17(12-19)16-9-8-14(18)11-13(16)2/h8-9,11,15,17H,3-7,10,12,19H2,1-2H3. The average molecular weight is 295 g/mol. The van der Waals surface area contributed by atoms with E-state index in [9.17, 15) is 0 Å². The van der Waals surface area contributed by atoms with Crippen molar-refractivity contribution in [1.82, 2.24) is 4.90 Å². The van der Waals surface area contributed by atoms with Crippen molar-refractivity contribution in [3.8, 4) is 0 Å². The predicted octanol–water partition coefficient (Wildman–Crippen LogP) is 4.30. The van der Waals surface area contributed by atoms with Crippen molar-refractivity contribution in [2.24, 2.45) is 5.73 Å². The van der Waals surface area contributed by atoms with E-state index in [4.69, 9.17) is 17.3 Å². The lowest BCUT2D eigenvalue weighted by molar-refractivity contribution is 0.135. The maximum atomic E-state index is 6.14. The molecular formula is C17H27ClN2. The Hall–Kier alpha value is -0.570. The Labute approximate surface area is 128 Å². The second kappa shape index (κ2) is 7.44. The van der Waals surface area contributed by atoms with E-state index in [2.05, 4.69) is 30.9 Å². The molecule has 1 aliphatic heterocycles. The molecule has 1 aliphatic rings. The van der Waals surface area contributed by atoms with Gasteiger partial charge in [0, 0.05) is 23.7 Å². The molecule has 3 heteroatoms. The van der Waals surface area contributed by atoms with Crippen LogP contribution in [0.1, 0.15) is 56.2 Å². The Balaban J connectivity index is 2.29. The van der Waals surface area contributed by atoms with Crippen molar-refractivity contribution in [3.63, 3.8) is 0 Å². The third-order valence-electron chi connectivity index (χ3n) is 4.61. The average Bonchev–Trinajstić information content (AvgIpc) is 2.67. The highest BCUT2D eigenvalue weighted by molar-refractivity contribution is 6.30. The van der Waals surface area contributed by atoms with Gasteiger partial charge in [-0.15, -0.1) is 0 Å². The number of nitrogens with zero attached hydrogens (tertiary/aromatic N) is 1. The largest absolute Gasteiger partial charge is 0.329 e. The first-order chi connectivity index (χ1) is 9.67. The van der Waals surface area contributed by atoms with Crippen molar-refractivity contribution in [2.75, 3.05) is 13.1 Å². The summed E-state index contributed by atoms with van der Waals surface area (Å²) in [7, 11) is 0. The molecule has 0 spiro atoms. The molecule has 1 fully saturated rings. The van der Waals surface area contributed by atoms with Gasteiger partial charge in [-0.25, -0.2) is 0 Å². The van der Waals surface area contributed by atoms with Crippen LogP contribution < -0.4 is 5.73 Å². The van der Waals surface area contributed by atoms with Crippen molar-refractivity contribution < 1.29 is 0 Å². The normalized spacial score (nSPS) is 22.5. The van der Waals surface area contributed by atoms with Crippen molar-refractivity contribution in [2.45, 2.75) is 58.0 Å². The van der Waals surface area contributed by atoms with Gasteiger partial charge in [-0.2, -0.15) is 0 Å². The Morgan fingerprint density at radius 1 is 1.35 bits per heavy atom. The van der Waals surface area contributed by atoms with Crippen LogP contribution in [-0.2, 0) is 0 Å². The van der Waals surface area contributed by atoms with Crippen LogP contribution in [0.25, 0.3) is 0 Å². The lowest BCUT2D eigenvalue weighted by Crippen LogP contribution is -2.41. The second-order valence-corrected chi connectivity index (χ2v) is 6.34. The van der Waals surface area contributed by atoms with Gasteiger partial charge in [-0.3, -0.25) is 4.90 Å². The SMILES string of the molecule is CCC1CCCCCN1C(CN)c1ccc(Cl)cc1C. The second-order valence-electron chi connectivity index (χ2n) is 5.90. The molecule has 2 N–H and O–H groups in total. The Kier molecular flexibility index (Phi) is 5.88. The molecular weight excluding hydrogens is 268 g/mol. The number of hydrogen-bond acceptors (Lipinski definition) is 2. The number of rotatable bonds is 4. The summed E-state index contributed by atoms with van der Waals surface area (Å²) in [5, 5.41) is 0.810. The van der Waals surface area contributed by atoms with Gasteiger partial charge in [0.1, 0.15) is 0 Å². The summed E-state index contributed by atoms with van der Waals surface area (Å²) in [6, 6.07) is 7.20. The molecule has 20 heavy (non-hydrogen) atoms. The molecule has 0 aromatic heterocycles. The lowest BCUT2D eigenvalue weighted by atomic mass is 9.97. The van der Waals surface area contributed by atoms with Gasteiger partial charge in [-0.05, 0) is 56.0 Å². The molecule has 0 radical (unpaired) electrons. The molecule has 2 nitrogen and oxygen atoms in total. The monoisotopic (exact) mass is 294 g/mol. The summed E-state index contributed by atoms with van der Waals surface area (Å²) < 4.78 is 0. The van der Waals surface area contributed by atoms with E-state index < -0.39 is 0 Å². The van der Waals surface area contributed by atoms with Crippen molar-refractivity contribution in [3.05, 3.63) is 34.3 Å². The molecule has 0 amide bonds. The summed E-state index contributed by atoms with van der Waals surface area (Å²) in [5.74, 6) is 0. The first-order valence-corrected chi connectivity index (χ1v) is 8.27. The molecule has 2 rings (SSSR count). The minimum absolute atomic E-state index is 0.329. The van der Waals surface area contributed by atoms with Crippen LogP contribution in [0, 0.1) is 6.92 Å². The number of aryl methyl sites for hydroxylation is 1. The molecule has 1 saturated heterocycles. The number of hydrogen-bond donors (Lipinski definition) is 1. The van der Waals surface area contributed by atoms with E-state index in [1.165, 1.54) is 49.8 Å². The first kappa shape index (κ1) is 15.8. The quantitative estimate of drug-likeness (QED) is 0.897. The maximum absolute atomic E-state index is 6.14. The first-order valence-electron chi connectivity index (χ1n) is 7.89. The Morgan fingerprint density at radius 3 is 2.80 bits per heavy atom. The van der Waals surface area contributed by atoms with Gasteiger partial charge < -0.3 is 5.73 Å². The van der Waals surface area contributed by atoms with E-state index in [-0.39, 0.29) is 0 Å². The minimum Gasteiger partial charge on any atom is -0.329 e. The van der Waals surface area contributed by atoms with Crippen LogP contribution in [0.2, 0.25) is 5.02 Å². The van der Waals surface area contributed by atoms with Crippen LogP contribution in [-0.4, -0.2) is 24.0 Å². The fourth-order valence-electron chi connectivity index (χ4n) is 3.50. The van der Waals surface area contributed by atoms with Crippen molar-refractivity contribution in [1.29, 1.82) is 0 Å². The zero-order chi connectivity index (χ0) is 14.5. The molecule has 0 saturated carbocycles. The summed E-state index contributed by atoms with van der Waals surface area (Å²) >= 11 is 6.09. The summed E-state index contributed by atoms with van der Waals surface area (Å²) in [6.45, 7) is 6.29. The van der Waals surface area contributed by atoms with E-state index in [1.54, 1.807) is 0 Å². The number of benzene rings is 1. The van der Waals surface area contributed by atoms with Gasteiger partial charge in [0.2, 0.25) is 0 Å². The molecule has 0 bridgehead atoms. The molecule has 2 atom stereocenters. The molecule has 1 heterocycles. The van der Waals surface area contributed by atoms with Crippen LogP contribution >= 0.6 is 11.6 Å². The van der Waals surface area contributed by atoms with Crippen LogP contribution in [0.4, 0.5) is 0 Å². The summed E-state index contributed by atoms with van der Waals surface area (Å²) in [6.07, 6.45) is 6.51. The van der Waals surface area contributed by atoms with E-state index in [0.717, 1.165) is 5.02 Å². The predicted molar refractivity (Wildman–Crippen MR) is 87.2 cm³/mol. The molecule has 1 aromatic rings. The zero-order valence-electron chi connectivity index (χ0n) is 12.7. The topological polar surface area (TPSA) is 29.3 Å². The number of likely N-dealkylation sites (tertiary alicyclic amines) is 1. The van der Waals surface area contributed by atoms with Gasteiger partial charge in [0.15, 0.2) is 0 Å². The van der Waals surface area contributed by atoms with Crippen LogP contribution in [0.5, 0.6) is 0 Å². The lowest BCUT2D eigenvalue weighted by Gasteiger charge is -2.37. The van der Waals surface area contributed by atoms with Crippen LogP contribution in [0.15, 0.2) is 18.2 Å². The highest BCUT2D eigenvalue weighted by atomic mass is 35.5. The summed E-state index contributed by atoms with van der Waals surface area (Å²) in [4.78, 5) is 2.64. The third kappa shape index (κ3) is 3.55. The molecule has 112 valence electrons. The Bertz CT molecular complexity index is 433. The minimum atomic E-state index is 0.329. The zero-order valence-corrected chi connectivity index (χ0v) is 13.5. The highest BCUT2D eigenvalue weighted by Gasteiger charge is 2.27. The maximum Gasteiger partial charge on any atom is 0.0476 e. The van der Waals surface area contributed by atoms with E-state index >= 15 is 0 Å². The molecule has 2 unspecified atom stereocenters. The fraction of sp³-hybridized carbons (Fsp3) is 0.647. The van der Waals surface area contributed by atoms with E-state index in [0.29, 0.717) is 18.6 Å². The number of nitrogens with two attached hydrogens (primary N) is 1. The van der Waals surface area contributed by atoms with Gasteiger partial charge >= 0.3 is 0 Å². The molecule has 0 aliphatic carbocycles. The van der Waals surface area contributed by atoms with Crippen LogP contribution in [0.3, 0.4) is 0 Å².